The molecule has 3 aliphatic rings. The van der Waals surface area contributed by atoms with Crippen LogP contribution in [-0.4, -0.2) is 7.11 Å². The number of hydrogen-bond donors (Lipinski definition) is 0. The first kappa shape index (κ1) is 36.6. The molecule has 6 heteroatoms. The maximum absolute atomic E-state index is 8.18. The molecule has 0 heterocycles. The summed E-state index contributed by atoms with van der Waals surface area (Å²) in [6.45, 7) is 19.5. The Morgan fingerprint density at radius 1 is 0.620 bits per heavy atom. The molecule has 4 aromatic rings. The van der Waals surface area contributed by atoms with Crippen LogP contribution in [0.4, 0.5) is 0 Å². The van der Waals surface area contributed by atoms with Crippen LogP contribution in [0.25, 0.3) is 34.4 Å². The van der Waals surface area contributed by atoms with Gasteiger partial charge in [0.05, 0.1) is 0 Å². The zero-order valence-electron chi connectivity index (χ0n) is 31.0. The molecule has 2 atom stereocenters. The fourth-order valence-corrected chi connectivity index (χ4v) is 33.8. The summed E-state index contributed by atoms with van der Waals surface area (Å²) in [7, 11) is 34.5. The summed E-state index contributed by atoms with van der Waals surface area (Å²) in [5.41, 5.74) is 19.4. The van der Waals surface area contributed by atoms with Crippen molar-refractivity contribution in [1.29, 1.82) is 0 Å². The Bertz CT molecular complexity index is 2170. The van der Waals surface area contributed by atoms with E-state index in [9.17, 15) is 0 Å². The van der Waals surface area contributed by atoms with Crippen LogP contribution in [-0.2, 0) is 30.8 Å². The zero-order chi connectivity index (χ0) is 36.4. The van der Waals surface area contributed by atoms with Gasteiger partial charge in [-0.2, -0.15) is 0 Å². The summed E-state index contributed by atoms with van der Waals surface area (Å²) in [5, 5.41) is 0. The number of aryl methyl sites for hydroxylation is 5. The van der Waals surface area contributed by atoms with E-state index < -0.39 is 19.8 Å². The average Bonchev–Trinajstić information content (AvgIpc) is 3.67. The summed E-state index contributed by atoms with van der Waals surface area (Å²) in [6.07, 6.45) is 7.69. The molecule has 0 N–H and O–H groups in total. The molecular weight excluding hydrogens is 778 g/mol. The van der Waals surface area contributed by atoms with Crippen LogP contribution in [0.3, 0.4) is 0 Å². The summed E-state index contributed by atoms with van der Waals surface area (Å²) in [5.74, 6) is 0.859. The molecule has 0 saturated heterocycles. The zero-order valence-corrected chi connectivity index (χ0v) is 36.5. The first-order valence-corrected chi connectivity index (χ1v) is 33.3. The van der Waals surface area contributed by atoms with Crippen LogP contribution in [0.1, 0.15) is 109 Å². The number of methoxy groups -OCH3 is 1. The minimum absolute atomic E-state index is 0.249. The Kier molecular flexibility index (Phi) is 8.48. The molecule has 0 fully saturated rings. The number of hydrogen-bond acceptors (Lipinski definition) is 1. The fourth-order valence-electron chi connectivity index (χ4n) is 9.78. The molecule has 262 valence electrons. The van der Waals surface area contributed by atoms with Crippen molar-refractivity contribution >= 4 is 46.2 Å². The van der Waals surface area contributed by atoms with Crippen molar-refractivity contribution in [2.45, 2.75) is 94.2 Å². The maximum atomic E-state index is 8.18. The van der Waals surface area contributed by atoms with E-state index in [1.165, 1.54) is 50.1 Å². The van der Waals surface area contributed by atoms with Crippen molar-refractivity contribution < 1.29 is 17.3 Å². The number of halogens is 4. The van der Waals surface area contributed by atoms with Crippen molar-refractivity contribution in [2.24, 2.45) is 0 Å². The van der Waals surface area contributed by atoms with Crippen molar-refractivity contribution in [3.63, 3.8) is 0 Å². The number of benzene rings is 4. The predicted octanol–water partition coefficient (Wildman–Crippen LogP) is 14.5. The molecule has 0 aliphatic heterocycles. The number of allylic oxidation sites excluding steroid dienone is 2. The van der Waals surface area contributed by atoms with Gasteiger partial charge in [0.1, 0.15) is 0 Å². The van der Waals surface area contributed by atoms with Crippen LogP contribution in [0.5, 0.6) is 5.75 Å². The van der Waals surface area contributed by atoms with Gasteiger partial charge in [-0.1, -0.05) is 0 Å². The van der Waals surface area contributed by atoms with Crippen LogP contribution in [0, 0.1) is 27.7 Å². The topological polar surface area (TPSA) is 9.23 Å². The van der Waals surface area contributed by atoms with Gasteiger partial charge in [-0.05, 0) is 0 Å². The minimum atomic E-state index is -6.58. The Labute approximate surface area is 311 Å². The third kappa shape index (κ3) is 5.74. The quantitative estimate of drug-likeness (QED) is 0.195. The van der Waals surface area contributed by atoms with E-state index in [1.807, 2.05) is 0 Å². The van der Waals surface area contributed by atoms with E-state index in [0.29, 0.717) is 0 Å². The molecule has 2 unspecified atom stereocenters. The molecule has 7 rings (SSSR count). The molecule has 0 spiro atoms. The van der Waals surface area contributed by atoms with Gasteiger partial charge < -0.3 is 0 Å². The summed E-state index contributed by atoms with van der Waals surface area (Å²) in [4.78, 5) is 0. The van der Waals surface area contributed by atoms with E-state index in [-0.39, 0.29) is 5.41 Å². The second-order valence-corrected chi connectivity index (χ2v) is 57.4. The van der Waals surface area contributed by atoms with E-state index in [2.05, 4.69) is 123 Å². The van der Waals surface area contributed by atoms with Gasteiger partial charge in [0.2, 0.25) is 0 Å². The van der Waals surface area contributed by atoms with Crippen molar-refractivity contribution in [1.82, 2.24) is 0 Å². The van der Waals surface area contributed by atoms with Crippen LogP contribution >= 0.6 is 34.1 Å². The molecule has 0 bridgehead atoms. The van der Waals surface area contributed by atoms with Gasteiger partial charge in [0, 0.05) is 0 Å². The molecule has 1 nitrogen and oxygen atoms in total. The molecule has 4 aromatic carbocycles. The molecular formula is C44H48Cl4OZr. The van der Waals surface area contributed by atoms with E-state index in [1.54, 1.807) is 7.11 Å². The first-order chi connectivity index (χ1) is 23.1. The molecule has 0 aromatic heterocycles. The second-order valence-electron chi connectivity index (χ2n) is 16.7. The van der Waals surface area contributed by atoms with Gasteiger partial charge in [0.15, 0.2) is 0 Å². The van der Waals surface area contributed by atoms with E-state index in [4.69, 9.17) is 38.8 Å². The monoisotopic (exact) mass is 822 g/mol. The Balaban J connectivity index is 1.52. The third-order valence-corrected chi connectivity index (χ3v) is 31.4. The predicted molar refractivity (Wildman–Crippen MR) is 216 cm³/mol. The fraction of sp³-hybridized carbons (Fsp3) is 0.364. The van der Waals surface area contributed by atoms with Gasteiger partial charge in [0.25, 0.3) is 0 Å². The number of ether oxygens (including phenoxy) is 1. The van der Waals surface area contributed by atoms with Gasteiger partial charge in [-0.15, -0.1) is 0 Å². The SMILES string of the molecule is COc1c(C(C)(C)C)cc2c(c1-c1cc(C)cc(C)c1)C=C(C)[CH]2[Zr]([Cl])([Cl])([Cl])([Cl])[CH]1C(C)=Cc2c1cc1c(c2-c2cc(C)cc(C)c2)CCC1. The summed E-state index contributed by atoms with van der Waals surface area (Å²) in [6, 6.07) is 18.1. The van der Waals surface area contributed by atoms with Crippen molar-refractivity contribution in [3.05, 3.63) is 121 Å². The second kappa shape index (κ2) is 11.6. The van der Waals surface area contributed by atoms with E-state index in [0.717, 1.165) is 69.5 Å². The van der Waals surface area contributed by atoms with Crippen LogP contribution < -0.4 is 4.74 Å². The standard InChI is InChI=1S/C23H27O.C21H21.4ClH.Zr/c1-14-8-15(2)11-18(10-14)21-19-12-16(3)9-17(19)13-20(22(21)24-7)23(4,5)6;1-13-7-14(2)10-18(9-13)21-19-6-4-5-16(19)12-17-8-15(3)11-20(17)21;;;;;/h8-13H,1-7H3;7-12H,4-6H2,1-3H3;4*1H;/q;;;;;;+4/p-4. The molecule has 0 amide bonds. The Hall–Kier alpha value is -1.80. The molecule has 0 radical (unpaired) electrons. The summed E-state index contributed by atoms with van der Waals surface area (Å²) >= 11 is -6.58. The van der Waals surface area contributed by atoms with Crippen LogP contribution in [0.2, 0.25) is 0 Å². The Morgan fingerprint density at radius 2 is 1.08 bits per heavy atom. The summed E-state index contributed by atoms with van der Waals surface area (Å²) < 4.78 is 5.21. The van der Waals surface area contributed by atoms with E-state index >= 15 is 0 Å². The molecule has 3 aliphatic carbocycles. The van der Waals surface area contributed by atoms with Crippen molar-refractivity contribution in [3.8, 4) is 28.0 Å². The van der Waals surface area contributed by atoms with Gasteiger partial charge >= 0.3 is 314 Å². The average molecular weight is 826 g/mol. The van der Waals surface area contributed by atoms with Crippen molar-refractivity contribution in [2.75, 3.05) is 7.11 Å². The molecule has 0 saturated carbocycles. The van der Waals surface area contributed by atoms with Gasteiger partial charge in [-0.25, -0.2) is 0 Å². The number of fused-ring (bicyclic) bond motifs is 3. The normalized spacial score (nSPS) is 19.7. The van der Waals surface area contributed by atoms with Crippen LogP contribution in [0.15, 0.2) is 59.7 Å². The van der Waals surface area contributed by atoms with Gasteiger partial charge in [-0.3, -0.25) is 0 Å². The number of rotatable bonds is 5. The molecule has 50 heavy (non-hydrogen) atoms. The third-order valence-electron chi connectivity index (χ3n) is 11.3. The Morgan fingerprint density at radius 3 is 1.56 bits per heavy atom. The first-order valence-electron chi connectivity index (χ1n) is 17.8.